The number of benzene rings is 4. The van der Waals surface area contributed by atoms with Gasteiger partial charge in [0.2, 0.25) is 11.1 Å². The van der Waals surface area contributed by atoms with E-state index in [0.29, 0.717) is 104 Å². The zero-order valence-electron chi connectivity index (χ0n) is 50.4. The lowest BCUT2D eigenvalue weighted by Crippen LogP contribution is -2.39. The van der Waals surface area contributed by atoms with Crippen molar-refractivity contribution in [3.63, 3.8) is 0 Å². The first kappa shape index (κ1) is 68.8. The molecule has 3 N–H and O–H groups in total. The van der Waals surface area contributed by atoms with Crippen LogP contribution in [0.4, 0.5) is 88.6 Å². The molecule has 8 heterocycles. The molecule has 15 nitrogen and oxygen atoms in total. The average Bonchev–Trinajstić information content (AvgIpc) is 0.901. The molecule has 0 amide bonds. The third kappa shape index (κ3) is 15.8. The third-order valence-corrected chi connectivity index (χ3v) is 15.4. The number of aryl methyl sites for hydroxylation is 1. The summed E-state index contributed by atoms with van der Waals surface area (Å²) in [5.74, 6) is 2.34. The smallest absolute Gasteiger partial charge is 0.417 e. The number of nitrogens with zero attached hydrogens (tertiary/aromatic N) is 5. The van der Waals surface area contributed by atoms with E-state index in [-0.39, 0.29) is 72.8 Å². The number of fused-ring (bicyclic) bond motifs is 8. The fourth-order valence-corrected chi connectivity index (χ4v) is 11.6. The Balaban J connectivity index is 0.000000146. The van der Waals surface area contributed by atoms with Gasteiger partial charge in [-0.2, -0.15) is 65.9 Å². The van der Waals surface area contributed by atoms with Crippen LogP contribution in [0.3, 0.4) is 0 Å². The minimum Gasteiger partial charge on any atom is -0.489 e. The fourth-order valence-electron chi connectivity index (χ4n) is 11.4. The Kier molecular flexibility index (Phi) is 19.6. The van der Waals surface area contributed by atoms with E-state index in [1.807, 2.05) is 21.6 Å². The standard InChI is InChI=1S/C17H19F3N2O2.C16H17F3N2O2.C15H15F3N2O2.C14H10F6N2OS/c1-10(2)9-22-4-5-24-15-8-13-11(6-14(15)22)12(17(18,19)20)7-16(23)21(13)3;1-9(2)8-21-3-4-23-14-7-12-10(5-13(14)21)11(16(17,18)19)6-15(22)20-12;1-2-3-20-4-5-22-13-8-11-9(6-12(13)20)10(15(16,17)18)7-14(21)19-11;15-13(16,17)6-22-1-2-23-11-5-9-7(3-10(11)22)8(14(18,19)20)4-12(24)21-9/h6-8,10H,4-5,9H2,1-3H3;5-7,9H,3-4,8H2,1-2H3,(H,20,22);6-8H,2-5H2,1H3,(H,19,21);3-5H,1-2,6H2,(H,21,24). The summed E-state index contributed by atoms with van der Waals surface area (Å²) in [5, 5.41) is -0.275. The second-order valence-corrected chi connectivity index (χ2v) is 23.6. The van der Waals surface area contributed by atoms with Crippen molar-refractivity contribution in [3.8, 4) is 23.0 Å². The molecule has 0 spiro atoms. The highest BCUT2D eigenvalue weighted by Gasteiger charge is 2.39. The van der Waals surface area contributed by atoms with E-state index in [0.717, 1.165) is 43.1 Å². The maximum absolute atomic E-state index is 13.4. The summed E-state index contributed by atoms with van der Waals surface area (Å²) >= 11 is 4.79. The zero-order valence-corrected chi connectivity index (χ0v) is 51.3. The quantitative estimate of drug-likeness (QED) is 0.103. The minimum atomic E-state index is -4.68. The molecule has 0 unspecified atom stereocenters. The molecule has 0 saturated heterocycles. The highest BCUT2D eigenvalue weighted by atomic mass is 32.1. The van der Waals surface area contributed by atoms with Gasteiger partial charge in [0.1, 0.15) is 60.6 Å². The number of hydrogen-bond acceptors (Lipinski definition) is 12. The lowest BCUT2D eigenvalue weighted by Gasteiger charge is -2.33. The summed E-state index contributed by atoms with van der Waals surface area (Å²) in [6, 6.07) is 13.8. The maximum Gasteiger partial charge on any atom is 0.417 e. The summed E-state index contributed by atoms with van der Waals surface area (Å²) in [4.78, 5) is 49.4. The van der Waals surface area contributed by atoms with Crippen LogP contribution in [0, 0.1) is 16.5 Å². The lowest BCUT2D eigenvalue weighted by molar-refractivity contribution is -0.137. The van der Waals surface area contributed by atoms with Gasteiger partial charge < -0.3 is 58.1 Å². The van der Waals surface area contributed by atoms with Crippen LogP contribution in [0.25, 0.3) is 43.6 Å². The Labute approximate surface area is 524 Å². The van der Waals surface area contributed by atoms with Gasteiger partial charge in [0.05, 0.1) is 93.2 Å². The molecule has 4 aromatic heterocycles. The number of aromatic nitrogens is 4. The Morgan fingerprint density at radius 3 is 1.19 bits per heavy atom. The number of pyridine rings is 4. The first-order valence-electron chi connectivity index (χ1n) is 29.1. The molecule has 0 aliphatic carbocycles. The molecule has 0 radical (unpaired) electrons. The third-order valence-electron chi connectivity index (χ3n) is 15.2. The van der Waals surface area contributed by atoms with Crippen molar-refractivity contribution in [2.24, 2.45) is 18.9 Å². The van der Waals surface area contributed by atoms with Gasteiger partial charge in [-0.05, 0) is 48.6 Å². The van der Waals surface area contributed by atoms with Crippen molar-refractivity contribution >= 4 is 78.6 Å². The zero-order chi connectivity index (χ0) is 68.0. The fraction of sp³-hybridized carbons (Fsp3) is 0.419. The molecule has 4 aliphatic heterocycles. The van der Waals surface area contributed by atoms with E-state index in [9.17, 15) is 80.2 Å². The molecule has 0 atom stereocenters. The van der Waals surface area contributed by atoms with Crippen molar-refractivity contribution < 1.29 is 84.8 Å². The van der Waals surface area contributed by atoms with Gasteiger partial charge in [-0.1, -0.05) is 46.8 Å². The summed E-state index contributed by atoms with van der Waals surface area (Å²) < 4.78 is 220. The topological polar surface area (TPSA) is 153 Å². The van der Waals surface area contributed by atoms with Crippen LogP contribution in [0.15, 0.2) is 87.2 Å². The van der Waals surface area contributed by atoms with Gasteiger partial charge in [-0.25, -0.2) is 0 Å². The summed E-state index contributed by atoms with van der Waals surface area (Å²) in [5.41, 5.74) is -3.55. The molecular formula is C62H61F15N8O7S. The summed E-state index contributed by atoms with van der Waals surface area (Å²) in [6.07, 6.45) is -22.0. The minimum absolute atomic E-state index is 0.00821. The Morgan fingerprint density at radius 2 is 0.796 bits per heavy atom. The molecule has 0 saturated carbocycles. The van der Waals surface area contributed by atoms with Gasteiger partial charge in [0.25, 0.3) is 5.56 Å². The van der Waals surface area contributed by atoms with Gasteiger partial charge in [0, 0.05) is 90.7 Å². The number of hydrogen-bond donors (Lipinski definition) is 3. The van der Waals surface area contributed by atoms with E-state index >= 15 is 0 Å². The van der Waals surface area contributed by atoms with Crippen LogP contribution in [-0.2, 0) is 31.8 Å². The van der Waals surface area contributed by atoms with E-state index in [1.165, 1.54) is 54.1 Å². The van der Waals surface area contributed by atoms with Gasteiger partial charge in [-0.3, -0.25) is 14.4 Å². The molecule has 31 heteroatoms. The maximum atomic E-state index is 13.4. The Morgan fingerprint density at radius 1 is 0.452 bits per heavy atom. The second kappa shape index (κ2) is 26.5. The Bertz CT molecular complexity index is 4350. The van der Waals surface area contributed by atoms with Gasteiger partial charge in [0.15, 0.2) is 0 Å². The molecule has 502 valence electrons. The highest BCUT2D eigenvalue weighted by Crippen LogP contribution is 2.45. The van der Waals surface area contributed by atoms with Crippen molar-refractivity contribution in [1.82, 2.24) is 19.5 Å². The van der Waals surface area contributed by atoms with Crippen LogP contribution in [0.2, 0.25) is 0 Å². The number of anilines is 4. The second-order valence-electron chi connectivity index (χ2n) is 23.1. The van der Waals surface area contributed by atoms with Gasteiger partial charge in [-0.15, -0.1) is 0 Å². The van der Waals surface area contributed by atoms with E-state index in [4.69, 9.17) is 31.2 Å². The van der Waals surface area contributed by atoms with Crippen molar-refractivity contribution in [3.05, 3.63) is 131 Å². The first-order chi connectivity index (χ1) is 43.4. The van der Waals surface area contributed by atoms with Crippen molar-refractivity contribution in [2.45, 2.75) is 71.9 Å². The van der Waals surface area contributed by atoms with Crippen molar-refractivity contribution in [2.75, 3.05) is 98.4 Å². The molecule has 0 fully saturated rings. The number of H-pyrrole nitrogens is 3. The van der Waals surface area contributed by atoms with Crippen LogP contribution >= 0.6 is 12.2 Å². The summed E-state index contributed by atoms with van der Waals surface area (Å²) in [6.45, 7) is 14.4. The van der Waals surface area contributed by atoms with Crippen LogP contribution < -0.4 is 55.2 Å². The number of alkyl halides is 15. The SMILES string of the molecule is CC(C)CN1CCOc2cc3[nH]c(=O)cc(C(F)(F)F)c3cc21.CC(C)CN1CCOc2cc3c(cc21)c(C(F)(F)F)cc(=O)n3C.CCCN1CCOc2cc3[nH]c(=O)cc(C(F)(F)F)c3cc21.FC(F)(F)CN1CCOc2cc3[nH]c(=S)cc(C(F)(F)F)c3cc21. The first-order valence-corrected chi connectivity index (χ1v) is 29.5. The van der Waals surface area contributed by atoms with E-state index in [2.05, 4.69) is 42.6 Å². The van der Waals surface area contributed by atoms with Gasteiger partial charge >= 0.3 is 30.9 Å². The molecular weight excluding hydrogens is 1290 g/mol. The molecule has 93 heavy (non-hydrogen) atoms. The highest BCUT2D eigenvalue weighted by molar-refractivity contribution is 7.71. The lowest BCUT2D eigenvalue weighted by atomic mass is 10.0. The predicted octanol–water partition coefficient (Wildman–Crippen LogP) is 14.6. The van der Waals surface area contributed by atoms with E-state index in [1.54, 1.807) is 0 Å². The normalized spacial score (nSPS) is 15.0. The molecule has 0 bridgehead atoms. The number of rotatable bonds is 7. The number of ether oxygens (including phenoxy) is 4. The van der Waals surface area contributed by atoms with Crippen LogP contribution in [0.1, 0.15) is 63.3 Å². The summed E-state index contributed by atoms with van der Waals surface area (Å²) in [7, 11) is 1.46. The number of nitrogens with one attached hydrogen (secondary N) is 3. The molecule has 4 aromatic carbocycles. The number of halogens is 15. The molecule has 8 aromatic rings. The monoisotopic (exact) mass is 1350 g/mol. The predicted molar refractivity (Wildman–Crippen MR) is 324 cm³/mol. The van der Waals surface area contributed by atoms with Crippen molar-refractivity contribution in [1.29, 1.82) is 0 Å². The molecule has 4 aliphatic rings. The van der Waals surface area contributed by atoms with Crippen LogP contribution in [-0.4, -0.2) is 104 Å². The molecule has 12 rings (SSSR count). The van der Waals surface area contributed by atoms with Crippen LogP contribution in [0.5, 0.6) is 23.0 Å². The van der Waals surface area contributed by atoms with E-state index < -0.39 is 76.4 Å². The average molecular weight is 1350 g/mol. The number of aromatic amines is 3. The largest absolute Gasteiger partial charge is 0.489 e. The Hall–Kier alpha value is -8.51.